The fourth-order valence-corrected chi connectivity index (χ4v) is 8.80. The molecule has 4 aliphatic rings. The Bertz CT molecular complexity index is 2210. The summed E-state index contributed by atoms with van der Waals surface area (Å²) in [5.74, 6) is -1.24. The van der Waals surface area contributed by atoms with Crippen LogP contribution in [0.3, 0.4) is 0 Å². The number of fused-ring (bicyclic) bond motifs is 6. The summed E-state index contributed by atoms with van der Waals surface area (Å²) < 4.78 is 57.5. The molecule has 0 saturated carbocycles. The first kappa shape index (κ1) is 35.2. The van der Waals surface area contributed by atoms with E-state index in [1.807, 2.05) is 11.9 Å². The summed E-state index contributed by atoms with van der Waals surface area (Å²) in [4.78, 5) is 39.5. The average molecular weight is 750 g/mol. The Kier molecular flexibility index (Phi) is 8.76. The van der Waals surface area contributed by atoms with E-state index in [0.717, 1.165) is 24.3 Å². The van der Waals surface area contributed by atoms with E-state index in [2.05, 4.69) is 21.3 Å². The van der Waals surface area contributed by atoms with Crippen molar-refractivity contribution < 1.29 is 42.4 Å². The minimum atomic E-state index is -1.01. The normalized spacial score (nSPS) is 21.3. The first-order valence-corrected chi connectivity index (χ1v) is 18.1. The molecule has 6 heterocycles. The summed E-state index contributed by atoms with van der Waals surface area (Å²) >= 11 is 1.05. The van der Waals surface area contributed by atoms with Crippen molar-refractivity contribution in [1.82, 2.24) is 19.8 Å². The molecule has 2 aromatic heterocycles. The first-order valence-electron chi connectivity index (χ1n) is 17.3. The largest absolute Gasteiger partial charge is 0.465 e. The van der Waals surface area contributed by atoms with Gasteiger partial charge in [0.25, 0.3) is 0 Å². The number of carbonyl (C=O) groups excluding carboxylic acids is 1. The van der Waals surface area contributed by atoms with E-state index in [4.69, 9.17) is 23.9 Å². The number of piperazine rings is 1. The van der Waals surface area contributed by atoms with Gasteiger partial charge in [-0.25, -0.2) is 18.4 Å². The molecule has 2 amide bonds. The maximum absolute atomic E-state index is 17.5. The van der Waals surface area contributed by atoms with Gasteiger partial charge in [-0.05, 0) is 57.5 Å². The fraction of sp³-hybridized carbons (Fsp3) is 0.472. The molecular formula is C36H37F2N7O7S. The average Bonchev–Trinajstić information content (AvgIpc) is 3.72. The summed E-state index contributed by atoms with van der Waals surface area (Å²) in [7, 11) is 1.98. The van der Waals surface area contributed by atoms with Crippen LogP contribution in [-0.2, 0) is 27.4 Å². The standard InChI is InChI=1S/C36H37F2N7O7S/c1-36(2,3)52-34(46)42-32-20(10-39)25-24(53-32)6-5-23(37)28(25)26-21-15-49-16-22(21)27-30(29(26)38)40-33(51-14-19-13-43(4)7-8-50-19)41-31(27)45-17-9-18(45)12-44(11-17)35(47)48/h5-6,17-19H,7-9,11-16H2,1-4H3,(H,42,46)(H,47,48)/t17?,18?,19-/m1/s1. The minimum Gasteiger partial charge on any atom is -0.465 e. The van der Waals surface area contributed by atoms with Gasteiger partial charge in [-0.2, -0.15) is 15.2 Å². The number of nitrogens with zero attached hydrogens (tertiary/aromatic N) is 6. The summed E-state index contributed by atoms with van der Waals surface area (Å²) in [5.41, 5.74) is -0.303. The molecule has 0 spiro atoms. The number of hydrogen-bond acceptors (Lipinski definition) is 12. The number of aromatic nitrogens is 2. The van der Waals surface area contributed by atoms with Crippen molar-refractivity contribution in [3.8, 4) is 23.2 Å². The number of thiophene rings is 1. The third kappa shape index (κ3) is 6.22. The number of halogens is 2. The molecule has 278 valence electrons. The lowest BCUT2D eigenvalue weighted by Gasteiger charge is -2.56. The quantitative estimate of drug-likeness (QED) is 0.248. The molecule has 53 heavy (non-hydrogen) atoms. The molecule has 2 unspecified atom stereocenters. The van der Waals surface area contributed by atoms with E-state index < -0.39 is 29.4 Å². The third-order valence-corrected chi connectivity index (χ3v) is 11.1. The number of anilines is 2. The minimum absolute atomic E-state index is 0.0428. The number of carbonyl (C=O) groups is 2. The van der Waals surface area contributed by atoms with Crippen LogP contribution < -0.4 is 15.0 Å². The van der Waals surface area contributed by atoms with Gasteiger partial charge in [0.1, 0.15) is 46.5 Å². The third-order valence-electron chi connectivity index (χ3n) is 9.99. The van der Waals surface area contributed by atoms with E-state index in [0.29, 0.717) is 40.2 Å². The van der Waals surface area contributed by atoms with Crippen molar-refractivity contribution >= 4 is 55.3 Å². The van der Waals surface area contributed by atoms with E-state index >= 15 is 8.78 Å². The van der Waals surface area contributed by atoms with Gasteiger partial charge in [0.05, 0.1) is 42.9 Å². The predicted octanol–water partition coefficient (Wildman–Crippen LogP) is 5.69. The number of hydrogen-bond donors (Lipinski definition) is 2. The van der Waals surface area contributed by atoms with Crippen LogP contribution in [0.4, 0.5) is 29.2 Å². The van der Waals surface area contributed by atoms with Crippen LogP contribution in [0, 0.1) is 23.0 Å². The van der Waals surface area contributed by atoms with Crippen molar-refractivity contribution in [2.75, 3.05) is 56.7 Å². The second-order valence-electron chi connectivity index (χ2n) is 14.7. The van der Waals surface area contributed by atoms with Crippen LogP contribution in [-0.4, -0.2) is 107 Å². The first-order chi connectivity index (χ1) is 25.3. The van der Waals surface area contributed by atoms with Crippen LogP contribution in [0.15, 0.2) is 12.1 Å². The van der Waals surface area contributed by atoms with Crippen LogP contribution >= 0.6 is 11.3 Å². The van der Waals surface area contributed by atoms with Gasteiger partial charge >= 0.3 is 18.2 Å². The van der Waals surface area contributed by atoms with Crippen molar-refractivity contribution in [1.29, 1.82) is 5.26 Å². The monoisotopic (exact) mass is 749 g/mol. The Morgan fingerprint density at radius 1 is 1.11 bits per heavy atom. The zero-order chi connectivity index (χ0) is 37.3. The number of carboxylic acid groups (broad SMARTS) is 1. The van der Waals surface area contributed by atoms with E-state index in [1.54, 1.807) is 20.8 Å². The second kappa shape index (κ2) is 13.2. The Hall–Kier alpha value is -4.89. The molecule has 2 N–H and O–H groups in total. The zero-order valence-corrected chi connectivity index (χ0v) is 30.3. The number of amides is 2. The van der Waals surface area contributed by atoms with Gasteiger partial charge in [0.15, 0.2) is 5.82 Å². The highest BCUT2D eigenvalue weighted by atomic mass is 32.1. The van der Waals surface area contributed by atoms with Crippen molar-refractivity contribution in [2.45, 2.75) is 64.2 Å². The van der Waals surface area contributed by atoms with E-state index in [9.17, 15) is 20.0 Å². The number of ether oxygens (including phenoxy) is 4. The lowest BCUT2D eigenvalue weighted by Crippen LogP contribution is -2.70. The zero-order valence-electron chi connectivity index (χ0n) is 29.5. The molecule has 3 saturated heterocycles. The number of benzene rings is 2. The summed E-state index contributed by atoms with van der Waals surface area (Å²) in [6, 6.07) is 4.25. The maximum Gasteiger partial charge on any atom is 0.412 e. The van der Waals surface area contributed by atoms with Crippen LogP contribution in [0.1, 0.15) is 43.9 Å². The number of likely N-dealkylation sites (N-methyl/N-ethyl adjacent to an activating group) is 1. The van der Waals surface area contributed by atoms with Crippen molar-refractivity contribution in [3.05, 3.63) is 40.5 Å². The molecule has 3 fully saturated rings. The van der Waals surface area contributed by atoms with E-state index in [-0.39, 0.29) is 89.7 Å². The molecule has 4 aromatic rings. The van der Waals surface area contributed by atoms with Gasteiger partial charge in [-0.3, -0.25) is 5.32 Å². The van der Waals surface area contributed by atoms with Gasteiger partial charge in [0, 0.05) is 47.4 Å². The molecule has 8 rings (SSSR count). The summed E-state index contributed by atoms with van der Waals surface area (Å²) in [5, 5.41) is 23.3. The molecule has 3 atom stereocenters. The number of morpholine rings is 1. The summed E-state index contributed by atoms with van der Waals surface area (Å²) in [6.07, 6.45) is -1.35. The number of likely N-dealkylation sites (tertiary alicyclic amines) is 1. The number of piperidine rings is 1. The molecule has 2 bridgehead atoms. The van der Waals surface area contributed by atoms with Gasteiger partial charge in [-0.1, -0.05) is 0 Å². The van der Waals surface area contributed by atoms with Crippen LogP contribution in [0.2, 0.25) is 0 Å². The molecule has 0 aliphatic carbocycles. The molecule has 0 radical (unpaired) electrons. The van der Waals surface area contributed by atoms with Crippen molar-refractivity contribution in [2.24, 2.45) is 0 Å². The molecular weight excluding hydrogens is 713 g/mol. The Morgan fingerprint density at radius 2 is 1.87 bits per heavy atom. The Morgan fingerprint density at radius 3 is 2.57 bits per heavy atom. The van der Waals surface area contributed by atoms with Gasteiger partial charge in [0.2, 0.25) is 0 Å². The molecule has 4 aliphatic heterocycles. The highest BCUT2D eigenvalue weighted by Gasteiger charge is 2.48. The van der Waals surface area contributed by atoms with Crippen molar-refractivity contribution in [3.63, 3.8) is 0 Å². The highest BCUT2D eigenvalue weighted by Crippen LogP contribution is 2.50. The van der Waals surface area contributed by atoms with E-state index in [1.165, 1.54) is 17.0 Å². The lowest BCUT2D eigenvalue weighted by molar-refractivity contribution is -0.0416. The smallest absolute Gasteiger partial charge is 0.412 e. The number of rotatable bonds is 6. The highest BCUT2D eigenvalue weighted by molar-refractivity contribution is 7.23. The topological polar surface area (TPSA) is 163 Å². The van der Waals surface area contributed by atoms with Gasteiger partial charge in [-0.15, -0.1) is 11.3 Å². The Labute approximate surface area is 306 Å². The predicted molar refractivity (Wildman–Crippen MR) is 190 cm³/mol. The van der Waals surface area contributed by atoms with Gasteiger partial charge < -0.3 is 38.8 Å². The summed E-state index contributed by atoms with van der Waals surface area (Å²) in [6.45, 7) is 7.62. The van der Waals surface area contributed by atoms with Crippen LogP contribution in [0.25, 0.3) is 32.1 Å². The number of nitrogens with one attached hydrogen (secondary N) is 1. The number of nitriles is 1. The lowest BCUT2D eigenvalue weighted by atomic mass is 9.86. The maximum atomic E-state index is 17.5. The molecule has 2 aromatic carbocycles. The second-order valence-corrected chi connectivity index (χ2v) is 15.8. The molecule has 17 heteroatoms. The molecule has 14 nitrogen and oxygen atoms in total. The SMILES string of the molecule is CN1CCO[C@@H](COc2nc(N3C4CC3CN(C(=O)O)C4)c3c4c(c(-c5c(F)ccc6sc(NC(=O)OC(C)(C)C)c(C#N)c56)c(F)c3n2)COC4)C1. The fourth-order valence-electron chi connectivity index (χ4n) is 7.75. The Balaban J connectivity index is 1.30. The van der Waals surface area contributed by atoms with Crippen LogP contribution in [0.5, 0.6) is 6.01 Å².